The Hall–Kier alpha value is -0.670. The molecule has 0 saturated carbocycles. The number of ketones is 1. The molecule has 70 valence electrons. The first-order valence-corrected chi connectivity index (χ1v) is 5.38. The second-order valence-electron chi connectivity index (χ2n) is 3.35. The van der Waals surface area contributed by atoms with Crippen molar-refractivity contribution in [2.75, 3.05) is 0 Å². The molecule has 0 aliphatic carbocycles. The molecule has 2 rings (SSSR count). The van der Waals surface area contributed by atoms with Gasteiger partial charge in [-0.2, -0.15) is 0 Å². The lowest BCUT2D eigenvalue weighted by Gasteiger charge is -2.07. The number of carbonyl (C=O) groups excluding carboxylic acids is 1. The number of thiophene rings is 1. The van der Waals surface area contributed by atoms with Crippen molar-refractivity contribution in [3.05, 3.63) is 22.4 Å². The molecule has 1 fully saturated rings. The fraction of sp³-hybridized carbons (Fsp3) is 0.500. The summed E-state index contributed by atoms with van der Waals surface area (Å²) in [6.45, 7) is 2.02. The molecule has 0 N–H and O–H groups in total. The van der Waals surface area contributed by atoms with E-state index >= 15 is 0 Å². The third kappa shape index (κ3) is 1.81. The van der Waals surface area contributed by atoms with E-state index in [9.17, 15) is 4.79 Å². The molecule has 1 aromatic heterocycles. The lowest BCUT2D eigenvalue weighted by molar-refractivity contribution is 0.0437. The van der Waals surface area contributed by atoms with E-state index in [1.165, 1.54) is 11.3 Å². The molecular weight excluding hydrogens is 184 g/mol. The van der Waals surface area contributed by atoms with Gasteiger partial charge in [0.1, 0.15) is 6.10 Å². The van der Waals surface area contributed by atoms with Gasteiger partial charge in [-0.05, 0) is 31.2 Å². The van der Waals surface area contributed by atoms with E-state index in [1.54, 1.807) is 0 Å². The Morgan fingerprint density at radius 2 is 2.46 bits per heavy atom. The molecule has 1 aromatic rings. The van der Waals surface area contributed by atoms with Gasteiger partial charge >= 0.3 is 0 Å². The Morgan fingerprint density at radius 3 is 3.00 bits per heavy atom. The monoisotopic (exact) mass is 196 g/mol. The number of hydrogen-bond donors (Lipinski definition) is 0. The lowest BCUT2D eigenvalue weighted by Crippen LogP contribution is -2.19. The van der Waals surface area contributed by atoms with Crippen LogP contribution in [0.3, 0.4) is 0 Å². The number of ether oxygens (including phenoxy) is 1. The molecule has 0 bridgehead atoms. The fourth-order valence-electron chi connectivity index (χ4n) is 1.57. The van der Waals surface area contributed by atoms with Gasteiger partial charge in [-0.15, -0.1) is 11.3 Å². The predicted molar refractivity (Wildman–Crippen MR) is 52.2 cm³/mol. The van der Waals surface area contributed by atoms with Gasteiger partial charge in [0.05, 0.1) is 11.0 Å². The van der Waals surface area contributed by atoms with E-state index in [2.05, 4.69) is 0 Å². The van der Waals surface area contributed by atoms with E-state index in [0.29, 0.717) is 0 Å². The van der Waals surface area contributed by atoms with Crippen molar-refractivity contribution < 1.29 is 9.53 Å². The third-order valence-corrected chi connectivity index (χ3v) is 3.17. The van der Waals surface area contributed by atoms with E-state index in [4.69, 9.17) is 4.74 Å². The average molecular weight is 196 g/mol. The normalized spacial score (nSPS) is 27.8. The zero-order chi connectivity index (χ0) is 9.26. The summed E-state index contributed by atoms with van der Waals surface area (Å²) in [7, 11) is 0. The smallest absolute Gasteiger partial charge is 0.201 e. The van der Waals surface area contributed by atoms with Gasteiger partial charge in [0.25, 0.3) is 0 Å². The van der Waals surface area contributed by atoms with Gasteiger partial charge in [0, 0.05) is 0 Å². The molecule has 2 nitrogen and oxygen atoms in total. The summed E-state index contributed by atoms with van der Waals surface area (Å²) in [4.78, 5) is 12.6. The number of rotatable bonds is 2. The predicted octanol–water partition coefficient (Wildman–Crippen LogP) is 2.50. The zero-order valence-corrected chi connectivity index (χ0v) is 8.34. The SMILES string of the molecule is CC1CCC(C(=O)c2cccs2)O1. The second-order valence-corrected chi connectivity index (χ2v) is 4.30. The van der Waals surface area contributed by atoms with Crippen LogP contribution in [0.2, 0.25) is 0 Å². The van der Waals surface area contributed by atoms with E-state index in [1.807, 2.05) is 24.4 Å². The minimum atomic E-state index is -0.186. The molecule has 2 unspecified atom stereocenters. The van der Waals surface area contributed by atoms with Crippen LogP contribution in [-0.4, -0.2) is 18.0 Å². The van der Waals surface area contributed by atoms with Gasteiger partial charge in [0.2, 0.25) is 5.78 Å². The zero-order valence-electron chi connectivity index (χ0n) is 7.53. The summed E-state index contributed by atoms with van der Waals surface area (Å²) in [5.41, 5.74) is 0. The summed E-state index contributed by atoms with van der Waals surface area (Å²) in [5.74, 6) is 0.152. The number of Topliss-reactive ketones (excluding diaryl/α,β-unsaturated/α-hetero) is 1. The molecule has 1 aliphatic heterocycles. The Morgan fingerprint density at radius 1 is 1.62 bits per heavy atom. The molecule has 1 saturated heterocycles. The summed E-state index contributed by atoms with van der Waals surface area (Å²) < 4.78 is 5.50. The van der Waals surface area contributed by atoms with Crippen molar-refractivity contribution >= 4 is 17.1 Å². The molecular formula is C10H12O2S. The molecule has 1 aliphatic rings. The van der Waals surface area contributed by atoms with Crippen LogP contribution < -0.4 is 0 Å². The molecule has 3 heteroatoms. The molecule has 13 heavy (non-hydrogen) atoms. The van der Waals surface area contributed by atoms with E-state index in [-0.39, 0.29) is 18.0 Å². The molecule has 0 aromatic carbocycles. The highest BCUT2D eigenvalue weighted by Gasteiger charge is 2.29. The maximum Gasteiger partial charge on any atom is 0.201 e. The van der Waals surface area contributed by atoms with Crippen LogP contribution in [0.15, 0.2) is 17.5 Å². The summed E-state index contributed by atoms with van der Waals surface area (Å²) >= 11 is 1.49. The Bertz CT molecular complexity index is 292. The quantitative estimate of drug-likeness (QED) is 0.679. The van der Waals surface area contributed by atoms with Crippen molar-refractivity contribution in [2.24, 2.45) is 0 Å². The van der Waals surface area contributed by atoms with Crippen LogP contribution in [0.5, 0.6) is 0 Å². The Labute approximate surface area is 81.5 Å². The maximum absolute atomic E-state index is 11.7. The first kappa shape index (κ1) is 8.91. The van der Waals surface area contributed by atoms with Gasteiger partial charge in [-0.1, -0.05) is 6.07 Å². The van der Waals surface area contributed by atoms with Crippen LogP contribution >= 0.6 is 11.3 Å². The topological polar surface area (TPSA) is 26.3 Å². The van der Waals surface area contributed by atoms with E-state index < -0.39 is 0 Å². The first-order valence-electron chi connectivity index (χ1n) is 4.50. The van der Waals surface area contributed by atoms with Crippen molar-refractivity contribution in [3.8, 4) is 0 Å². The molecule has 0 spiro atoms. The third-order valence-electron chi connectivity index (χ3n) is 2.29. The Balaban J connectivity index is 2.06. The first-order chi connectivity index (χ1) is 6.27. The van der Waals surface area contributed by atoms with Crippen molar-refractivity contribution in [2.45, 2.75) is 32.0 Å². The Kier molecular flexibility index (Phi) is 2.47. The van der Waals surface area contributed by atoms with Crippen molar-refractivity contribution in [3.63, 3.8) is 0 Å². The molecule has 2 atom stereocenters. The van der Waals surface area contributed by atoms with Crippen LogP contribution in [0.4, 0.5) is 0 Å². The average Bonchev–Trinajstić information content (AvgIpc) is 2.72. The highest BCUT2D eigenvalue weighted by Crippen LogP contribution is 2.23. The van der Waals surface area contributed by atoms with E-state index in [0.717, 1.165) is 17.7 Å². The van der Waals surface area contributed by atoms with Gasteiger partial charge in [-0.25, -0.2) is 0 Å². The number of hydrogen-bond acceptors (Lipinski definition) is 3. The lowest BCUT2D eigenvalue weighted by atomic mass is 10.1. The van der Waals surface area contributed by atoms with Crippen LogP contribution in [0.1, 0.15) is 29.4 Å². The maximum atomic E-state index is 11.7. The minimum Gasteiger partial charge on any atom is -0.367 e. The van der Waals surface area contributed by atoms with Crippen LogP contribution in [0, 0.1) is 0 Å². The second kappa shape index (κ2) is 3.60. The summed E-state index contributed by atoms with van der Waals surface area (Å²) in [6, 6.07) is 3.76. The molecule has 0 amide bonds. The van der Waals surface area contributed by atoms with Crippen molar-refractivity contribution in [1.29, 1.82) is 0 Å². The largest absolute Gasteiger partial charge is 0.367 e. The van der Waals surface area contributed by atoms with Crippen molar-refractivity contribution in [1.82, 2.24) is 0 Å². The standard InChI is InChI=1S/C10H12O2S/c1-7-4-5-8(12-7)10(11)9-3-2-6-13-9/h2-3,6-8H,4-5H2,1H3. The van der Waals surface area contributed by atoms with Gasteiger partial charge in [0.15, 0.2) is 0 Å². The number of carbonyl (C=O) groups is 1. The summed E-state index contributed by atoms with van der Waals surface area (Å²) in [5, 5.41) is 1.92. The van der Waals surface area contributed by atoms with Crippen LogP contribution in [0.25, 0.3) is 0 Å². The highest BCUT2D eigenvalue weighted by atomic mass is 32.1. The minimum absolute atomic E-state index is 0.152. The van der Waals surface area contributed by atoms with Gasteiger partial charge < -0.3 is 4.74 Å². The van der Waals surface area contributed by atoms with Gasteiger partial charge in [-0.3, -0.25) is 4.79 Å². The highest BCUT2D eigenvalue weighted by molar-refractivity contribution is 7.12. The van der Waals surface area contributed by atoms with Crippen LogP contribution in [-0.2, 0) is 4.74 Å². The molecule has 0 radical (unpaired) electrons. The summed E-state index contributed by atoms with van der Waals surface area (Å²) in [6.07, 6.45) is 1.93. The fourth-order valence-corrected chi connectivity index (χ4v) is 2.28. The molecule has 2 heterocycles.